The standard InChI is InChI=1S/C22H18ClF3N4O3/c1-21(30-17(31)10-11-18(30)32)12-29(28-19(21)13-2-6-15(23)7-3-13)20(33)27-16-8-4-14(5-9-16)22(24,25)26/h2-9H,10-12H2,1H3,(H,27,33). The number of carbonyl (C=O) groups is 3. The molecule has 33 heavy (non-hydrogen) atoms. The molecule has 2 aromatic carbocycles. The highest BCUT2D eigenvalue weighted by molar-refractivity contribution is 6.30. The average molecular weight is 479 g/mol. The lowest BCUT2D eigenvalue weighted by Gasteiger charge is -2.34. The Morgan fingerprint density at radius 2 is 1.61 bits per heavy atom. The van der Waals surface area contributed by atoms with E-state index in [0.717, 1.165) is 34.2 Å². The molecule has 0 aliphatic carbocycles. The molecule has 1 unspecified atom stereocenters. The molecular weight excluding hydrogens is 461 g/mol. The molecule has 1 N–H and O–H groups in total. The average Bonchev–Trinajstić information content (AvgIpc) is 3.28. The van der Waals surface area contributed by atoms with Crippen LogP contribution in [-0.4, -0.2) is 45.5 Å². The monoisotopic (exact) mass is 478 g/mol. The van der Waals surface area contributed by atoms with Gasteiger partial charge in [-0.1, -0.05) is 23.7 Å². The van der Waals surface area contributed by atoms with E-state index in [9.17, 15) is 27.6 Å². The van der Waals surface area contributed by atoms with Crippen LogP contribution >= 0.6 is 11.6 Å². The van der Waals surface area contributed by atoms with Crippen molar-refractivity contribution in [2.24, 2.45) is 5.10 Å². The zero-order valence-corrected chi connectivity index (χ0v) is 18.1. The van der Waals surface area contributed by atoms with Gasteiger partial charge in [0.15, 0.2) is 0 Å². The number of hydrogen-bond acceptors (Lipinski definition) is 4. The van der Waals surface area contributed by atoms with Crippen LogP contribution in [0.2, 0.25) is 5.02 Å². The van der Waals surface area contributed by atoms with Crippen LogP contribution in [0, 0.1) is 0 Å². The molecule has 0 spiro atoms. The van der Waals surface area contributed by atoms with Gasteiger partial charge in [-0.2, -0.15) is 18.3 Å². The maximum atomic E-state index is 12.9. The number of amides is 4. The fourth-order valence-corrected chi connectivity index (χ4v) is 4.08. The van der Waals surface area contributed by atoms with Crippen molar-refractivity contribution in [1.29, 1.82) is 0 Å². The number of hydrazone groups is 1. The van der Waals surface area contributed by atoms with Gasteiger partial charge in [0.1, 0.15) is 5.54 Å². The minimum atomic E-state index is -4.49. The highest BCUT2D eigenvalue weighted by Crippen LogP contribution is 2.34. The highest BCUT2D eigenvalue weighted by Gasteiger charge is 2.52. The summed E-state index contributed by atoms with van der Waals surface area (Å²) in [7, 11) is 0. The Labute approximate surface area is 191 Å². The summed E-state index contributed by atoms with van der Waals surface area (Å²) in [4.78, 5) is 39.0. The second-order valence-electron chi connectivity index (χ2n) is 7.92. The summed E-state index contributed by atoms with van der Waals surface area (Å²) in [6.45, 7) is 1.53. The van der Waals surface area contributed by atoms with Gasteiger partial charge in [-0.15, -0.1) is 0 Å². The fourth-order valence-electron chi connectivity index (χ4n) is 3.96. The number of alkyl halides is 3. The van der Waals surface area contributed by atoms with Crippen LogP contribution in [0.25, 0.3) is 0 Å². The topological polar surface area (TPSA) is 82.1 Å². The minimum absolute atomic E-state index is 0.0695. The predicted octanol–water partition coefficient (Wildman–Crippen LogP) is 4.52. The lowest BCUT2D eigenvalue weighted by molar-refractivity contribution is -0.142. The van der Waals surface area contributed by atoms with Gasteiger partial charge in [0.2, 0.25) is 11.8 Å². The van der Waals surface area contributed by atoms with Crippen molar-refractivity contribution in [3.63, 3.8) is 0 Å². The zero-order valence-electron chi connectivity index (χ0n) is 17.3. The molecule has 1 atom stereocenters. The van der Waals surface area contributed by atoms with Gasteiger partial charge in [-0.3, -0.25) is 14.5 Å². The maximum absolute atomic E-state index is 12.9. The third-order valence-corrected chi connectivity index (χ3v) is 5.80. The lowest BCUT2D eigenvalue weighted by atomic mass is 9.89. The van der Waals surface area contributed by atoms with Crippen molar-refractivity contribution in [2.75, 3.05) is 11.9 Å². The van der Waals surface area contributed by atoms with E-state index >= 15 is 0 Å². The molecule has 4 rings (SSSR count). The first-order chi connectivity index (χ1) is 15.5. The molecule has 0 bridgehead atoms. The van der Waals surface area contributed by atoms with E-state index in [4.69, 9.17) is 11.6 Å². The summed E-state index contributed by atoms with van der Waals surface area (Å²) >= 11 is 5.97. The predicted molar refractivity (Wildman–Crippen MR) is 115 cm³/mol. The highest BCUT2D eigenvalue weighted by atomic mass is 35.5. The number of nitrogens with zero attached hydrogens (tertiary/aromatic N) is 3. The summed E-state index contributed by atoms with van der Waals surface area (Å²) in [6, 6.07) is 9.84. The van der Waals surface area contributed by atoms with Gasteiger partial charge in [0.25, 0.3) is 0 Å². The summed E-state index contributed by atoms with van der Waals surface area (Å²) in [6.07, 6.45) is -4.36. The van der Waals surface area contributed by atoms with E-state index in [-0.39, 0.29) is 36.9 Å². The first kappa shape index (κ1) is 22.8. The van der Waals surface area contributed by atoms with Crippen molar-refractivity contribution in [3.8, 4) is 0 Å². The van der Waals surface area contributed by atoms with E-state index in [1.54, 1.807) is 31.2 Å². The Balaban J connectivity index is 1.63. The summed E-state index contributed by atoms with van der Waals surface area (Å²) in [5, 5.41) is 8.41. The van der Waals surface area contributed by atoms with E-state index in [0.29, 0.717) is 16.3 Å². The number of rotatable bonds is 3. The number of nitrogens with one attached hydrogen (secondary N) is 1. The van der Waals surface area contributed by atoms with Crippen molar-refractivity contribution in [3.05, 3.63) is 64.7 Å². The smallest absolute Gasteiger partial charge is 0.306 e. The number of hydrogen-bond donors (Lipinski definition) is 1. The third kappa shape index (κ3) is 4.30. The zero-order chi connectivity index (χ0) is 24.0. The molecule has 2 aliphatic rings. The Morgan fingerprint density at radius 3 is 2.15 bits per heavy atom. The number of likely N-dealkylation sites (tertiary alicyclic amines) is 1. The van der Waals surface area contributed by atoms with Crippen molar-refractivity contribution >= 4 is 40.8 Å². The molecule has 4 amide bonds. The van der Waals surface area contributed by atoms with E-state index in [1.807, 2.05) is 0 Å². The van der Waals surface area contributed by atoms with Crippen molar-refractivity contribution < 1.29 is 27.6 Å². The maximum Gasteiger partial charge on any atom is 0.416 e. The molecule has 2 aliphatic heterocycles. The SMILES string of the molecule is CC1(N2C(=O)CCC2=O)CN(C(=O)Nc2ccc(C(F)(F)F)cc2)N=C1c1ccc(Cl)cc1. The number of imide groups is 1. The van der Waals surface area contributed by atoms with E-state index in [1.165, 1.54) is 0 Å². The minimum Gasteiger partial charge on any atom is -0.306 e. The quantitative estimate of drug-likeness (QED) is 0.659. The van der Waals surface area contributed by atoms with Gasteiger partial charge in [-0.25, -0.2) is 9.80 Å². The van der Waals surface area contributed by atoms with Gasteiger partial charge in [0.05, 0.1) is 17.8 Å². The molecule has 7 nitrogen and oxygen atoms in total. The molecule has 11 heteroatoms. The molecule has 0 saturated carbocycles. The van der Waals surface area contributed by atoms with Crippen molar-refractivity contribution in [2.45, 2.75) is 31.5 Å². The number of urea groups is 1. The van der Waals surface area contributed by atoms with Crippen LogP contribution in [0.5, 0.6) is 0 Å². The summed E-state index contributed by atoms with van der Waals surface area (Å²) < 4.78 is 38.3. The second-order valence-corrected chi connectivity index (χ2v) is 8.35. The molecule has 2 heterocycles. The lowest BCUT2D eigenvalue weighted by Crippen LogP contribution is -2.57. The Bertz CT molecular complexity index is 1130. The van der Waals surface area contributed by atoms with Crippen molar-refractivity contribution in [1.82, 2.24) is 9.91 Å². The van der Waals surface area contributed by atoms with Gasteiger partial charge < -0.3 is 5.32 Å². The van der Waals surface area contributed by atoms with Crippen LogP contribution in [0.15, 0.2) is 53.6 Å². The van der Waals surface area contributed by atoms with E-state index < -0.39 is 23.3 Å². The van der Waals surface area contributed by atoms with Crippen LogP contribution in [0.1, 0.15) is 30.9 Å². The largest absolute Gasteiger partial charge is 0.416 e. The Kier molecular flexibility index (Phi) is 5.65. The summed E-state index contributed by atoms with van der Waals surface area (Å²) in [5.41, 5.74) is -1.04. The summed E-state index contributed by atoms with van der Waals surface area (Å²) in [5.74, 6) is -0.733. The Hall–Kier alpha value is -3.40. The van der Waals surface area contributed by atoms with E-state index in [2.05, 4.69) is 10.4 Å². The van der Waals surface area contributed by atoms with Crippen LogP contribution < -0.4 is 5.32 Å². The first-order valence-corrected chi connectivity index (χ1v) is 10.3. The number of halogens is 4. The van der Waals surface area contributed by atoms with Crippen LogP contribution in [0.3, 0.4) is 0 Å². The number of anilines is 1. The molecule has 2 aromatic rings. The normalized spacial score (nSPS) is 20.9. The van der Waals surface area contributed by atoms with Gasteiger partial charge in [0, 0.05) is 29.1 Å². The number of carbonyl (C=O) groups excluding carboxylic acids is 3. The van der Waals surface area contributed by atoms with Crippen LogP contribution in [-0.2, 0) is 15.8 Å². The molecule has 1 saturated heterocycles. The molecule has 172 valence electrons. The fraction of sp³-hybridized carbons (Fsp3) is 0.273. The molecular formula is C22H18ClF3N4O3. The van der Waals surface area contributed by atoms with Gasteiger partial charge in [-0.05, 0) is 43.3 Å². The van der Waals surface area contributed by atoms with Gasteiger partial charge >= 0.3 is 12.2 Å². The molecule has 1 fully saturated rings. The van der Waals surface area contributed by atoms with Crippen LogP contribution in [0.4, 0.5) is 23.7 Å². The first-order valence-electron chi connectivity index (χ1n) is 9.96. The Morgan fingerprint density at radius 1 is 1.03 bits per heavy atom. The molecule has 0 radical (unpaired) electrons. The number of benzene rings is 2. The second kappa shape index (κ2) is 8.18. The molecule has 0 aromatic heterocycles. The third-order valence-electron chi connectivity index (χ3n) is 5.55.